The predicted octanol–water partition coefficient (Wildman–Crippen LogP) is 3.79. The van der Waals surface area contributed by atoms with Gasteiger partial charge in [0.05, 0.1) is 17.8 Å². The summed E-state index contributed by atoms with van der Waals surface area (Å²) >= 11 is 0. The molecular weight excluding hydrogens is 248 g/mol. The minimum atomic E-state index is -0.272. The molecule has 1 atom stereocenters. The molecule has 1 aromatic rings. The van der Waals surface area contributed by atoms with E-state index < -0.39 is 0 Å². The van der Waals surface area contributed by atoms with Crippen LogP contribution in [0.5, 0.6) is 0 Å². The topological polar surface area (TPSA) is 38.0 Å². The Labute approximate surface area is 121 Å². The molecule has 0 spiro atoms. The summed E-state index contributed by atoms with van der Waals surface area (Å²) in [5.74, 6) is 0. The maximum atomic E-state index is 10.2. The second-order valence-corrected chi connectivity index (χ2v) is 6.40. The summed E-state index contributed by atoms with van der Waals surface area (Å²) in [6.45, 7) is 0. The zero-order chi connectivity index (χ0) is 13.8. The first-order valence-electron chi connectivity index (χ1n) is 8.21. The second-order valence-electron chi connectivity index (χ2n) is 6.40. The van der Waals surface area contributed by atoms with E-state index in [1.807, 2.05) is 0 Å². The number of allylic oxidation sites excluding steroid dienone is 1. The molecule has 2 aliphatic rings. The van der Waals surface area contributed by atoms with Crippen LogP contribution in [0.1, 0.15) is 69.5 Å². The summed E-state index contributed by atoms with van der Waals surface area (Å²) in [6, 6.07) is 2.68. The SMILES string of the molecule is OC(CC1=CCCCC1)Cc1ccn(C2CCCC2)n1. The van der Waals surface area contributed by atoms with Crippen LogP contribution in [0, 0.1) is 0 Å². The molecule has 1 saturated carbocycles. The zero-order valence-corrected chi connectivity index (χ0v) is 12.3. The number of hydrogen-bond acceptors (Lipinski definition) is 2. The monoisotopic (exact) mass is 274 g/mol. The van der Waals surface area contributed by atoms with Crippen LogP contribution in [0.3, 0.4) is 0 Å². The number of hydrogen-bond donors (Lipinski definition) is 1. The largest absolute Gasteiger partial charge is 0.392 e. The molecule has 0 aliphatic heterocycles. The zero-order valence-electron chi connectivity index (χ0n) is 12.3. The molecule has 3 nitrogen and oxygen atoms in total. The Bertz CT molecular complexity index is 457. The van der Waals surface area contributed by atoms with Gasteiger partial charge in [0.1, 0.15) is 0 Å². The van der Waals surface area contributed by atoms with E-state index in [9.17, 15) is 5.11 Å². The molecule has 0 amide bonds. The molecular formula is C17H26N2O. The highest BCUT2D eigenvalue weighted by molar-refractivity contribution is 5.08. The molecule has 1 unspecified atom stereocenters. The average molecular weight is 274 g/mol. The Morgan fingerprint density at radius 3 is 2.80 bits per heavy atom. The number of aromatic nitrogens is 2. The summed E-state index contributed by atoms with van der Waals surface area (Å²) in [4.78, 5) is 0. The van der Waals surface area contributed by atoms with Crippen molar-refractivity contribution in [3.63, 3.8) is 0 Å². The quantitative estimate of drug-likeness (QED) is 0.829. The Hall–Kier alpha value is -1.09. The summed E-state index contributed by atoms with van der Waals surface area (Å²) in [6.07, 6.45) is 15.8. The van der Waals surface area contributed by atoms with Crippen LogP contribution in [0.15, 0.2) is 23.9 Å². The van der Waals surface area contributed by atoms with Crippen LogP contribution >= 0.6 is 0 Å². The molecule has 0 bridgehead atoms. The van der Waals surface area contributed by atoms with Gasteiger partial charge in [-0.25, -0.2) is 0 Å². The minimum Gasteiger partial charge on any atom is -0.392 e. The van der Waals surface area contributed by atoms with Gasteiger partial charge in [0.25, 0.3) is 0 Å². The van der Waals surface area contributed by atoms with E-state index in [0.717, 1.165) is 12.1 Å². The molecule has 0 saturated heterocycles. The number of aliphatic hydroxyl groups excluding tert-OH is 1. The van der Waals surface area contributed by atoms with Crippen molar-refractivity contribution in [3.05, 3.63) is 29.6 Å². The first kappa shape index (κ1) is 13.9. The third-order valence-corrected chi connectivity index (χ3v) is 4.69. The molecule has 1 fully saturated rings. The van der Waals surface area contributed by atoms with Gasteiger partial charge in [0.2, 0.25) is 0 Å². The van der Waals surface area contributed by atoms with Crippen molar-refractivity contribution in [2.24, 2.45) is 0 Å². The molecule has 0 aromatic carbocycles. The first-order chi connectivity index (χ1) is 9.81. The van der Waals surface area contributed by atoms with E-state index in [4.69, 9.17) is 0 Å². The summed E-state index contributed by atoms with van der Waals surface area (Å²) in [7, 11) is 0. The predicted molar refractivity (Wildman–Crippen MR) is 80.6 cm³/mol. The summed E-state index contributed by atoms with van der Waals surface area (Å²) in [5, 5.41) is 14.9. The van der Waals surface area contributed by atoms with Gasteiger partial charge in [-0.1, -0.05) is 24.5 Å². The van der Waals surface area contributed by atoms with Crippen molar-refractivity contribution >= 4 is 0 Å². The molecule has 1 N–H and O–H groups in total. The van der Waals surface area contributed by atoms with Crippen LogP contribution in [-0.2, 0) is 6.42 Å². The maximum absolute atomic E-state index is 10.2. The van der Waals surface area contributed by atoms with Gasteiger partial charge >= 0.3 is 0 Å². The van der Waals surface area contributed by atoms with Crippen LogP contribution in [-0.4, -0.2) is 21.0 Å². The van der Waals surface area contributed by atoms with Crippen LogP contribution < -0.4 is 0 Å². The van der Waals surface area contributed by atoms with Gasteiger partial charge in [0, 0.05) is 12.6 Å². The van der Waals surface area contributed by atoms with Crippen molar-refractivity contribution in [2.75, 3.05) is 0 Å². The molecule has 1 heterocycles. The fraction of sp³-hybridized carbons (Fsp3) is 0.706. The van der Waals surface area contributed by atoms with E-state index >= 15 is 0 Å². The number of aliphatic hydroxyl groups is 1. The standard InChI is InChI=1S/C17H26N2O/c20-17(12-14-6-2-1-3-7-14)13-15-10-11-19(18-15)16-8-4-5-9-16/h6,10-11,16-17,20H,1-5,7-9,12-13H2. The van der Waals surface area contributed by atoms with Gasteiger partial charge in [0.15, 0.2) is 0 Å². The molecule has 110 valence electrons. The summed E-state index contributed by atoms with van der Waals surface area (Å²) < 4.78 is 2.12. The number of rotatable bonds is 5. The van der Waals surface area contributed by atoms with Gasteiger partial charge in [-0.15, -0.1) is 0 Å². The fourth-order valence-electron chi connectivity index (χ4n) is 3.56. The normalized spacial score (nSPS) is 21.9. The Balaban J connectivity index is 1.53. The molecule has 1 aromatic heterocycles. The van der Waals surface area contributed by atoms with Crippen LogP contribution in [0.2, 0.25) is 0 Å². The Morgan fingerprint density at radius 1 is 1.20 bits per heavy atom. The summed E-state index contributed by atoms with van der Waals surface area (Å²) in [5.41, 5.74) is 2.49. The highest BCUT2D eigenvalue weighted by atomic mass is 16.3. The Morgan fingerprint density at radius 2 is 2.05 bits per heavy atom. The highest BCUT2D eigenvalue weighted by Crippen LogP contribution is 2.29. The van der Waals surface area contributed by atoms with Gasteiger partial charge in [-0.2, -0.15) is 5.10 Å². The molecule has 3 rings (SSSR count). The van der Waals surface area contributed by atoms with Crippen molar-refractivity contribution in [1.82, 2.24) is 9.78 Å². The average Bonchev–Trinajstić information content (AvgIpc) is 3.10. The van der Waals surface area contributed by atoms with Crippen molar-refractivity contribution in [1.29, 1.82) is 0 Å². The third-order valence-electron chi connectivity index (χ3n) is 4.69. The molecule has 2 aliphatic carbocycles. The second kappa shape index (κ2) is 6.57. The van der Waals surface area contributed by atoms with Crippen molar-refractivity contribution in [3.8, 4) is 0 Å². The van der Waals surface area contributed by atoms with Gasteiger partial charge < -0.3 is 5.11 Å². The maximum Gasteiger partial charge on any atom is 0.0650 e. The lowest BCUT2D eigenvalue weighted by atomic mass is 9.94. The van der Waals surface area contributed by atoms with Crippen LogP contribution in [0.25, 0.3) is 0 Å². The van der Waals surface area contributed by atoms with Crippen LogP contribution in [0.4, 0.5) is 0 Å². The number of nitrogens with zero attached hydrogens (tertiary/aromatic N) is 2. The van der Waals surface area contributed by atoms with Gasteiger partial charge in [-0.3, -0.25) is 4.68 Å². The van der Waals surface area contributed by atoms with E-state index in [-0.39, 0.29) is 6.10 Å². The molecule has 0 radical (unpaired) electrons. The molecule has 3 heteroatoms. The lowest BCUT2D eigenvalue weighted by Crippen LogP contribution is -2.14. The first-order valence-corrected chi connectivity index (χ1v) is 8.21. The lowest BCUT2D eigenvalue weighted by molar-refractivity contribution is 0.172. The third kappa shape index (κ3) is 3.51. The molecule has 20 heavy (non-hydrogen) atoms. The van der Waals surface area contributed by atoms with E-state index in [0.29, 0.717) is 12.5 Å². The minimum absolute atomic E-state index is 0.272. The lowest BCUT2D eigenvalue weighted by Gasteiger charge is -2.16. The fourth-order valence-corrected chi connectivity index (χ4v) is 3.56. The highest BCUT2D eigenvalue weighted by Gasteiger charge is 2.18. The van der Waals surface area contributed by atoms with Crippen molar-refractivity contribution < 1.29 is 5.11 Å². The Kier molecular flexibility index (Phi) is 4.56. The van der Waals surface area contributed by atoms with Gasteiger partial charge in [-0.05, 0) is 51.0 Å². The van der Waals surface area contributed by atoms with E-state index in [1.165, 1.54) is 56.9 Å². The van der Waals surface area contributed by atoms with Crippen molar-refractivity contribution in [2.45, 2.75) is 76.4 Å². The smallest absolute Gasteiger partial charge is 0.0650 e. The van der Waals surface area contributed by atoms with E-state index in [1.54, 1.807) is 0 Å². The van der Waals surface area contributed by atoms with E-state index in [2.05, 4.69) is 28.1 Å².